The molecule has 0 aliphatic rings. The lowest BCUT2D eigenvalue weighted by Gasteiger charge is -2.17. The number of hydrogen-bond donors (Lipinski definition) is 0. The third kappa shape index (κ3) is 4.38. The first-order valence-corrected chi connectivity index (χ1v) is 16.3. The Morgan fingerprint density at radius 2 is 1.04 bits per heavy atom. The van der Waals surface area contributed by atoms with E-state index in [2.05, 4.69) is 129 Å². The summed E-state index contributed by atoms with van der Waals surface area (Å²) in [5, 5.41) is 23.8. The van der Waals surface area contributed by atoms with Crippen LogP contribution in [-0.4, -0.2) is 9.13 Å². The van der Waals surface area contributed by atoms with E-state index >= 15 is 0 Å². The molecule has 2 aromatic heterocycles. The van der Waals surface area contributed by atoms with Crippen LogP contribution in [0.2, 0.25) is 0 Å². The van der Waals surface area contributed by atoms with E-state index in [1.54, 1.807) is 0 Å². The Hall–Kier alpha value is -7.39. The number of aromatic nitrogens is 2. The Bertz CT molecular complexity index is 2830. The van der Waals surface area contributed by atoms with Crippen molar-refractivity contribution in [2.24, 2.45) is 0 Å². The van der Waals surface area contributed by atoms with Gasteiger partial charge in [-0.25, -0.2) is 4.85 Å². The first-order valence-electron chi connectivity index (χ1n) is 16.3. The van der Waals surface area contributed by atoms with E-state index in [-0.39, 0.29) is 0 Å². The van der Waals surface area contributed by atoms with Crippen LogP contribution in [0.25, 0.3) is 82.1 Å². The molecule has 0 bridgehead atoms. The molecular weight excluding hydrogens is 611 g/mol. The van der Waals surface area contributed by atoms with Gasteiger partial charge in [-0.15, -0.1) is 0 Å². The number of hydrogen-bond acceptors (Lipinski definition) is 2. The number of fused-ring (bicyclic) bond motifs is 6. The van der Waals surface area contributed by atoms with Crippen LogP contribution in [0.15, 0.2) is 152 Å². The van der Waals surface area contributed by atoms with Crippen molar-refractivity contribution in [1.29, 1.82) is 10.5 Å². The van der Waals surface area contributed by atoms with Gasteiger partial charge >= 0.3 is 0 Å². The fraction of sp³-hybridized carbons (Fsp3) is 0. The summed E-state index contributed by atoms with van der Waals surface area (Å²) < 4.78 is 4.51. The first-order chi connectivity index (χ1) is 24.7. The maximum Gasteiger partial charge on any atom is 0.188 e. The highest BCUT2D eigenvalue weighted by Gasteiger charge is 2.19. The molecule has 2 heterocycles. The average Bonchev–Trinajstić information content (AvgIpc) is 3.69. The first kappa shape index (κ1) is 28.8. The predicted molar refractivity (Wildman–Crippen MR) is 202 cm³/mol. The number of rotatable bonds is 4. The molecule has 0 saturated carbocycles. The lowest BCUT2D eigenvalue weighted by molar-refractivity contribution is 1.18. The molecule has 5 heteroatoms. The summed E-state index contributed by atoms with van der Waals surface area (Å²) in [5.74, 6) is 0. The van der Waals surface area contributed by atoms with Crippen molar-refractivity contribution in [2.75, 3.05) is 0 Å². The topological polar surface area (TPSA) is 61.8 Å². The lowest BCUT2D eigenvalue weighted by atomic mass is 9.92. The molecule has 0 N–H and O–H groups in total. The quantitative estimate of drug-likeness (QED) is 0.181. The predicted octanol–water partition coefficient (Wildman–Crippen LogP) is 11.5. The van der Waals surface area contributed by atoms with E-state index in [1.807, 2.05) is 48.5 Å². The summed E-state index contributed by atoms with van der Waals surface area (Å²) in [4.78, 5) is 3.65. The van der Waals surface area contributed by atoms with E-state index < -0.39 is 0 Å². The van der Waals surface area contributed by atoms with Crippen molar-refractivity contribution in [3.8, 4) is 45.8 Å². The van der Waals surface area contributed by atoms with Gasteiger partial charge in [0.25, 0.3) is 0 Å². The SMILES string of the molecule is [C-]#[N+]c1ccc2c(c1)c1cc(C#N)ccc1n2-c1ccc(-c2cc(C#N)ccc2-c2ccccc2-n2c3ccccc3c3ccccc32)cc1. The summed E-state index contributed by atoms with van der Waals surface area (Å²) >= 11 is 0. The molecule has 9 aromatic rings. The zero-order valence-electron chi connectivity index (χ0n) is 26.7. The minimum Gasteiger partial charge on any atom is -0.309 e. The van der Waals surface area contributed by atoms with Crippen LogP contribution < -0.4 is 0 Å². The van der Waals surface area contributed by atoms with Crippen LogP contribution in [0.1, 0.15) is 11.1 Å². The van der Waals surface area contributed by atoms with Crippen LogP contribution in [0.5, 0.6) is 0 Å². The normalized spacial score (nSPS) is 11.1. The second-order valence-corrected chi connectivity index (χ2v) is 12.3. The van der Waals surface area contributed by atoms with Gasteiger partial charge in [-0.2, -0.15) is 10.5 Å². The number of nitriles is 2. The largest absolute Gasteiger partial charge is 0.309 e. The molecule has 0 atom stereocenters. The maximum atomic E-state index is 9.96. The lowest BCUT2D eigenvalue weighted by Crippen LogP contribution is -1.98. The molecule has 0 fully saturated rings. The van der Waals surface area contributed by atoms with Gasteiger partial charge in [0.05, 0.1) is 57.6 Å². The van der Waals surface area contributed by atoms with Gasteiger partial charge in [0.15, 0.2) is 5.69 Å². The van der Waals surface area contributed by atoms with Gasteiger partial charge in [0.2, 0.25) is 0 Å². The van der Waals surface area contributed by atoms with Gasteiger partial charge in [-0.05, 0) is 94.9 Å². The molecule has 9 rings (SSSR count). The summed E-state index contributed by atoms with van der Waals surface area (Å²) in [6, 6.07) is 55.8. The van der Waals surface area contributed by atoms with Gasteiger partial charge in [-0.1, -0.05) is 78.9 Å². The van der Waals surface area contributed by atoms with Crippen LogP contribution in [0.3, 0.4) is 0 Å². The van der Waals surface area contributed by atoms with Crippen molar-refractivity contribution in [3.05, 3.63) is 174 Å². The third-order valence-corrected chi connectivity index (χ3v) is 9.61. The summed E-state index contributed by atoms with van der Waals surface area (Å²) in [6.07, 6.45) is 0. The number of benzene rings is 7. The molecule has 0 spiro atoms. The van der Waals surface area contributed by atoms with E-state index in [4.69, 9.17) is 6.57 Å². The van der Waals surface area contributed by atoms with Crippen LogP contribution in [0, 0.1) is 29.2 Å². The van der Waals surface area contributed by atoms with E-state index in [0.29, 0.717) is 16.8 Å². The molecule has 0 amide bonds. The monoisotopic (exact) mass is 635 g/mol. The molecule has 5 nitrogen and oxygen atoms in total. The van der Waals surface area contributed by atoms with E-state index in [1.165, 1.54) is 10.8 Å². The van der Waals surface area contributed by atoms with Gasteiger partial charge in [-0.3, -0.25) is 0 Å². The molecule has 0 radical (unpaired) electrons. The summed E-state index contributed by atoms with van der Waals surface area (Å²) in [7, 11) is 0. The Morgan fingerprint density at radius 1 is 0.460 bits per heavy atom. The molecule has 0 saturated heterocycles. The molecule has 7 aromatic carbocycles. The standard InChI is InChI=1S/C45H25N5/c1-48-32-18-23-45-40(26-32)39-25-30(28-47)15-22-44(39)49(45)33-19-16-31(17-20-33)38-24-29(27-46)14-21-34(38)35-8-2-5-11-41(35)50-42-12-6-3-9-36(42)37-10-4-7-13-43(37)50/h2-26H. The second-order valence-electron chi connectivity index (χ2n) is 12.3. The summed E-state index contributed by atoms with van der Waals surface area (Å²) in [6.45, 7) is 7.56. The minimum atomic E-state index is 0.556. The molecular formula is C45H25N5. The molecule has 0 unspecified atom stereocenters. The second kappa shape index (κ2) is 11.4. The Morgan fingerprint density at radius 3 is 1.74 bits per heavy atom. The number of para-hydroxylation sites is 3. The third-order valence-electron chi connectivity index (χ3n) is 9.61. The van der Waals surface area contributed by atoms with Crippen LogP contribution >= 0.6 is 0 Å². The molecule has 50 heavy (non-hydrogen) atoms. The van der Waals surface area contributed by atoms with Crippen molar-refractivity contribution in [2.45, 2.75) is 0 Å². The van der Waals surface area contributed by atoms with Crippen molar-refractivity contribution in [3.63, 3.8) is 0 Å². The molecule has 0 aliphatic heterocycles. The average molecular weight is 636 g/mol. The van der Waals surface area contributed by atoms with Gasteiger partial charge < -0.3 is 9.13 Å². The summed E-state index contributed by atoms with van der Waals surface area (Å²) in [5.41, 5.74) is 12.0. The zero-order chi connectivity index (χ0) is 33.8. The Balaban J connectivity index is 1.23. The highest BCUT2D eigenvalue weighted by molar-refractivity contribution is 6.11. The highest BCUT2D eigenvalue weighted by atomic mass is 15.0. The highest BCUT2D eigenvalue weighted by Crippen LogP contribution is 2.41. The molecule has 0 aliphatic carbocycles. The van der Waals surface area contributed by atoms with E-state index in [0.717, 1.165) is 66.5 Å². The Labute approximate surface area is 288 Å². The number of nitrogens with zero attached hydrogens (tertiary/aromatic N) is 5. The van der Waals surface area contributed by atoms with Gasteiger partial charge in [0.1, 0.15) is 0 Å². The fourth-order valence-electron chi connectivity index (χ4n) is 7.38. The van der Waals surface area contributed by atoms with Gasteiger partial charge in [0, 0.05) is 27.4 Å². The van der Waals surface area contributed by atoms with Crippen molar-refractivity contribution < 1.29 is 0 Å². The van der Waals surface area contributed by atoms with Crippen LogP contribution in [0.4, 0.5) is 5.69 Å². The fourth-order valence-corrected chi connectivity index (χ4v) is 7.38. The Kier molecular flexibility index (Phi) is 6.56. The van der Waals surface area contributed by atoms with E-state index in [9.17, 15) is 10.5 Å². The van der Waals surface area contributed by atoms with Crippen LogP contribution in [-0.2, 0) is 0 Å². The maximum absolute atomic E-state index is 9.96. The minimum absolute atomic E-state index is 0.556. The van der Waals surface area contributed by atoms with Crippen molar-refractivity contribution >= 4 is 49.3 Å². The zero-order valence-corrected chi connectivity index (χ0v) is 26.7. The van der Waals surface area contributed by atoms with Crippen molar-refractivity contribution in [1.82, 2.24) is 9.13 Å². The smallest absolute Gasteiger partial charge is 0.188 e. The molecule has 230 valence electrons.